The minimum absolute atomic E-state index is 0.0999. The number of fused-ring (bicyclic) bond motifs is 1. The van der Waals surface area contributed by atoms with E-state index in [-0.39, 0.29) is 16.5 Å². The summed E-state index contributed by atoms with van der Waals surface area (Å²) in [6.45, 7) is 0.888. The van der Waals surface area contributed by atoms with Crippen molar-refractivity contribution in [1.29, 1.82) is 0 Å². The molecular formula is C20H17ClN2O5S2. The second-order valence-electron chi connectivity index (χ2n) is 6.44. The van der Waals surface area contributed by atoms with Crippen molar-refractivity contribution in [1.82, 2.24) is 0 Å². The van der Waals surface area contributed by atoms with Crippen molar-refractivity contribution < 1.29 is 22.7 Å². The molecule has 4 rings (SSSR count). The molecule has 0 unspecified atom stereocenters. The van der Waals surface area contributed by atoms with Crippen LogP contribution in [0.15, 0.2) is 58.1 Å². The van der Waals surface area contributed by atoms with Gasteiger partial charge in [0.1, 0.15) is 17.4 Å². The van der Waals surface area contributed by atoms with Gasteiger partial charge in [0.2, 0.25) is 5.91 Å². The van der Waals surface area contributed by atoms with Gasteiger partial charge >= 0.3 is 0 Å². The SMILES string of the molecule is O=C(Cc1ccc(NS(=O)(=O)c2cccs2)cc1)Nc1cc2c(cc1Cl)OCCO2. The summed E-state index contributed by atoms with van der Waals surface area (Å²) >= 11 is 7.36. The molecule has 2 N–H and O–H groups in total. The first-order chi connectivity index (χ1) is 14.4. The van der Waals surface area contributed by atoms with Crippen molar-refractivity contribution in [2.24, 2.45) is 0 Å². The fourth-order valence-corrected chi connectivity index (χ4v) is 5.10. The largest absolute Gasteiger partial charge is 0.486 e. The minimum atomic E-state index is -3.61. The van der Waals surface area contributed by atoms with Crippen molar-refractivity contribution in [2.75, 3.05) is 23.3 Å². The Kier molecular flexibility index (Phi) is 5.85. The third-order valence-electron chi connectivity index (χ3n) is 4.24. The first kappa shape index (κ1) is 20.5. The highest BCUT2D eigenvalue weighted by Gasteiger charge is 2.17. The van der Waals surface area contributed by atoms with E-state index in [1.54, 1.807) is 47.8 Å². The fraction of sp³-hybridized carbons (Fsp3) is 0.150. The van der Waals surface area contributed by atoms with Crippen molar-refractivity contribution >= 4 is 50.2 Å². The number of rotatable bonds is 6. The normalized spacial score (nSPS) is 13.0. The first-order valence-corrected chi connectivity index (χ1v) is 11.7. The molecule has 1 aliphatic rings. The van der Waals surface area contributed by atoms with Crippen LogP contribution in [0, 0.1) is 0 Å². The Hall–Kier alpha value is -2.75. The van der Waals surface area contributed by atoms with Crippen LogP contribution in [-0.4, -0.2) is 27.5 Å². The molecule has 0 aliphatic carbocycles. The lowest BCUT2D eigenvalue weighted by Crippen LogP contribution is -2.17. The van der Waals surface area contributed by atoms with E-state index >= 15 is 0 Å². The topological polar surface area (TPSA) is 93.7 Å². The summed E-state index contributed by atoms with van der Waals surface area (Å²) in [6.07, 6.45) is 0.0999. The van der Waals surface area contributed by atoms with Gasteiger partial charge in [-0.1, -0.05) is 29.8 Å². The van der Waals surface area contributed by atoms with Gasteiger partial charge < -0.3 is 14.8 Å². The highest BCUT2D eigenvalue weighted by atomic mass is 35.5. The Balaban J connectivity index is 1.39. The smallest absolute Gasteiger partial charge is 0.271 e. The van der Waals surface area contributed by atoms with Crippen molar-refractivity contribution in [2.45, 2.75) is 10.6 Å². The van der Waals surface area contributed by atoms with E-state index in [4.69, 9.17) is 21.1 Å². The molecule has 0 spiro atoms. The van der Waals surface area contributed by atoms with Crippen molar-refractivity contribution in [3.8, 4) is 11.5 Å². The van der Waals surface area contributed by atoms with Crippen LogP contribution in [0.25, 0.3) is 0 Å². The number of ether oxygens (including phenoxy) is 2. The number of nitrogens with one attached hydrogen (secondary N) is 2. The van der Waals surface area contributed by atoms with E-state index in [1.807, 2.05) is 0 Å². The maximum absolute atomic E-state index is 12.4. The number of hydrogen-bond acceptors (Lipinski definition) is 6. The van der Waals surface area contributed by atoms with Crippen LogP contribution in [0.5, 0.6) is 11.5 Å². The standard InChI is InChI=1S/C20H17ClN2O5S2/c21-15-11-17-18(28-8-7-27-17)12-16(15)22-19(24)10-13-3-5-14(6-4-13)23-30(25,26)20-2-1-9-29-20/h1-6,9,11-12,23H,7-8,10H2,(H,22,24). The van der Waals surface area contributed by atoms with Crippen molar-refractivity contribution in [3.05, 3.63) is 64.5 Å². The van der Waals surface area contributed by atoms with Gasteiger partial charge in [0.25, 0.3) is 10.0 Å². The molecule has 0 bridgehead atoms. The Morgan fingerprint density at radius 3 is 2.43 bits per heavy atom. The summed E-state index contributed by atoms with van der Waals surface area (Å²) in [5.41, 5.74) is 1.58. The zero-order valence-electron chi connectivity index (χ0n) is 15.6. The van der Waals surface area contributed by atoms with Gasteiger partial charge in [0.05, 0.1) is 17.1 Å². The van der Waals surface area contributed by atoms with E-state index < -0.39 is 10.0 Å². The summed E-state index contributed by atoms with van der Waals surface area (Å²) in [7, 11) is -3.61. The van der Waals surface area contributed by atoms with Gasteiger partial charge in [-0.15, -0.1) is 11.3 Å². The molecule has 30 heavy (non-hydrogen) atoms. The lowest BCUT2D eigenvalue weighted by molar-refractivity contribution is -0.115. The van der Waals surface area contributed by atoms with Crippen LogP contribution in [0.1, 0.15) is 5.56 Å². The number of benzene rings is 2. The molecule has 1 amide bonds. The zero-order valence-corrected chi connectivity index (χ0v) is 17.9. The van der Waals surface area contributed by atoms with Crippen LogP contribution >= 0.6 is 22.9 Å². The van der Waals surface area contributed by atoms with E-state index in [0.29, 0.717) is 41.1 Å². The molecule has 0 saturated heterocycles. The van der Waals surface area contributed by atoms with E-state index in [2.05, 4.69) is 10.0 Å². The number of carbonyl (C=O) groups is 1. The number of amides is 1. The highest BCUT2D eigenvalue weighted by Crippen LogP contribution is 2.38. The lowest BCUT2D eigenvalue weighted by atomic mass is 10.1. The van der Waals surface area contributed by atoms with Gasteiger partial charge in [-0.3, -0.25) is 9.52 Å². The molecule has 2 heterocycles. The molecule has 0 radical (unpaired) electrons. The van der Waals surface area contributed by atoms with E-state index in [9.17, 15) is 13.2 Å². The number of carbonyl (C=O) groups excluding carboxylic acids is 1. The third kappa shape index (κ3) is 4.69. The molecule has 0 atom stereocenters. The second kappa shape index (κ2) is 8.55. The molecule has 0 fully saturated rings. The van der Waals surface area contributed by atoms with Gasteiger partial charge in [0.15, 0.2) is 11.5 Å². The quantitative estimate of drug-likeness (QED) is 0.571. The van der Waals surface area contributed by atoms with Gasteiger partial charge in [-0.2, -0.15) is 0 Å². The van der Waals surface area contributed by atoms with Crippen LogP contribution in [0.4, 0.5) is 11.4 Å². The van der Waals surface area contributed by atoms with Crippen molar-refractivity contribution in [3.63, 3.8) is 0 Å². The van der Waals surface area contributed by atoms with Gasteiger partial charge in [-0.05, 0) is 29.1 Å². The average molecular weight is 465 g/mol. The Morgan fingerprint density at radius 1 is 1.07 bits per heavy atom. The third-order valence-corrected chi connectivity index (χ3v) is 7.33. The molecule has 156 valence electrons. The maximum Gasteiger partial charge on any atom is 0.271 e. The highest BCUT2D eigenvalue weighted by molar-refractivity contribution is 7.94. The Morgan fingerprint density at radius 2 is 1.77 bits per heavy atom. The van der Waals surface area contributed by atoms with Crippen LogP contribution in [-0.2, 0) is 21.2 Å². The predicted octanol–water partition coefficient (Wildman–Crippen LogP) is 4.15. The van der Waals surface area contributed by atoms with Gasteiger partial charge in [-0.25, -0.2) is 8.42 Å². The lowest BCUT2D eigenvalue weighted by Gasteiger charge is -2.20. The molecule has 10 heteroatoms. The molecule has 1 aliphatic heterocycles. The monoisotopic (exact) mass is 464 g/mol. The maximum atomic E-state index is 12.4. The second-order valence-corrected chi connectivity index (χ2v) is 9.70. The van der Waals surface area contributed by atoms with Crippen LogP contribution in [0.2, 0.25) is 5.02 Å². The number of sulfonamides is 1. The van der Waals surface area contributed by atoms with Gasteiger partial charge in [0, 0.05) is 17.8 Å². The summed E-state index contributed by atoms with van der Waals surface area (Å²) in [4.78, 5) is 12.4. The molecule has 0 saturated carbocycles. The molecule has 1 aromatic heterocycles. The fourth-order valence-electron chi connectivity index (χ4n) is 2.85. The molecule has 3 aromatic rings. The number of anilines is 2. The first-order valence-electron chi connectivity index (χ1n) is 8.95. The number of thiophene rings is 1. The van der Waals surface area contributed by atoms with E-state index in [1.165, 1.54) is 6.07 Å². The summed E-state index contributed by atoms with van der Waals surface area (Å²) in [6, 6.07) is 13.1. The summed E-state index contributed by atoms with van der Waals surface area (Å²) < 4.78 is 38.3. The molecular weight excluding hydrogens is 448 g/mol. The van der Waals surface area contributed by atoms with Crippen LogP contribution in [0.3, 0.4) is 0 Å². The van der Waals surface area contributed by atoms with Crippen LogP contribution < -0.4 is 19.5 Å². The Bertz CT molecular complexity index is 1160. The summed E-state index contributed by atoms with van der Waals surface area (Å²) in [5.74, 6) is 0.814. The van der Waals surface area contributed by atoms with E-state index in [0.717, 1.165) is 16.9 Å². The average Bonchev–Trinajstić information content (AvgIpc) is 3.26. The minimum Gasteiger partial charge on any atom is -0.486 e. The summed E-state index contributed by atoms with van der Waals surface area (Å²) in [5, 5.41) is 4.82. The Labute approximate surface area is 182 Å². The zero-order chi connectivity index (χ0) is 21.1. The number of hydrogen-bond donors (Lipinski definition) is 2. The predicted molar refractivity (Wildman–Crippen MR) is 116 cm³/mol. The number of halogens is 1. The molecule has 7 nitrogen and oxygen atoms in total. The molecule has 2 aromatic carbocycles.